The molecule has 7 nitrogen and oxygen atoms in total. The van der Waals surface area contributed by atoms with E-state index in [1.54, 1.807) is 37.3 Å². The number of nitrogens with zero attached hydrogens (tertiary/aromatic N) is 2. The summed E-state index contributed by atoms with van der Waals surface area (Å²) >= 11 is 6.18. The van der Waals surface area contributed by atoms with E-state index in [0.29, 0.717) is 22.7 Å². The van der Waals surface area contributed by atoms with Gasteiger partial charge >= 0.3 is 0 Å². The Morgan fingerprint density at radius 3 is 2.15 bits per heavy atom. The zero-order chi connectivity index (χ0) is 29.6. The second kappa shape index (κ2) is 13.3. The van der Waals surface area contributed by atoms with Crippen LogP contribution in [0, 0.1) is 20.8 Å². The number of hydrogen-bond acceptors (Lipinski definition) is 4. The van der Waals surface area contributed by atoms with Crippen LogP contribution in [-0.2, 0) is 26.2 Å². The number of carbonyl (C=O) groups is 2. The van der Waals surface area contributed by atoms with Gasteiger partial charge in [-0.25, -0.2) is 8.42 Å². The van der Waals surface area contributed by atoms with Crippen molar-refractivity contribution in [3.63, 3.8) is 0 Å². The van der Waals surface area contributed by atoms with Gasteiger partial charge in [-0.3, -0.25) is 13.9 Å². The number of rotatable bonds is 11. The fourth-order valence-corrected chi connectivity index (χ4v) is 6.23. The average molecular weight is 584 g/mol. The quantitative estimate of drug-likeness (QED) is 0.309. The first-order valence-electron chi connectivity index (χ1n) is 13.3. The third-order valence-electron chi connectivity index (χ3n) is 6.73. The fraction of sp³-hybridized carbons (Fsp3) is 0.355. The normalized spacial score (nSPS) is 12.2. The summed E-state index contributed by atoms with van der Waals surface area (Å²) in [5, 5.41) is 3.37. The molecule has 0 unspecified atom stereocenters. The largest absolute Gasteiger partial charge is 0.352 e. The highest BCUT2D eigenvalue weighted by molar-refractivity contribution is 7.92. The molecule has 0 heterocycles. The van der Waals surface area contributed by atoms with E-state index in [9.17, 15) is 18.0 Å². The third kappa shape index (κ3) is 7.43. The minimum Gasteiger partial charge on any atom is -0.352 e. The van der Waals surface area contributed by atoms with Crippen LogP contribution in [0.15, 0.2) is 71.6 Å². The Morgan fingerprint density at radius 2 is 1.57 bits per heavy atom. The van der Waals surface area contributed by atoms with Crippen molar-refractivity contribution < 1.29 is 18.0 Å². The molecule has 0 saturated carbocycles. The van der Waals surface area contributed by atoms with Crippen molar-refractivity contribution in [1.82, 2.24) is 10.2 Å². The summed E-state index contributed by atoms with van der Waals surface area (Å²) in [5.74, 6) is -0.769. The van der Waals surface area contributed by atoms with E-state index in [-0.39, 0.29) is 23.4 Å². The van der Waals surface area contributed by atoms with Crippen molar-refractivity contribution >= 4 is 39.1 Å². The Kier molecular flexibility index (Phi) is 10.4. The number of nitrogens with one attached hydrogen (secondary N) is 1. The number of hydrogen-bond donors (Lipinski definition) is 1. The van der Waals surface area contributed by atoms with Gasteiger partial charge in [0, 0.05) is 17.6 Å². The van der Waals surface area contributed by atoms with E-state index < -0.39 is 28.5 Å². The molecule has 1 atom stereocenters. The molecule has 3 rings (SSSR count). The van der Waals surface area contributed by atoms with Crippen LogP contribution in [0.5, 0.6) is 0 Å². The molecule has 0 saturated heterocycles. The maximum Gasteiger partial charge on any atom is 0.264 e. The molecular formula is C31H38ClN3O4S. The lowest BCUT2D eigenvalue weighted by Gasteiger charge is -2.34. The van der Waals surface area contributed by atoms with Crippen molar-refractivity contribution in [2.24, 2.45) is 0 Å². The first kappa shape index (κ1) is 31.2. The maximum absolute atomic E-state index is 14.2. The SMILES string of the molecule is CC[C@H](C(=O)NC(C)C)N(Cc1ccccc1C)C(=O)CN(c1ccc(Cl)cc1C)S(=O)(=O)c1ccc(C)cc1. The summed E-state index contributed by atoms with van der Waals surface area (Å²) in [7, 11) is -4.15. The first-order valence-corrected chi connectivity index (χ1v) is 15.2. The van der Waals surface area contributed by atoms with Crippen LogP contribution >= 0.6 is 11.6 Å². The Labute approximate surface area is 243 Å². The van der Waals surface area contributed by atoms with Crippen molar-refractivity contribution in [3.8, 4) is 0 Å². The lowest BCUT2D eigenvalue weighted by Crippen LogP contribution is -2.53. The van der Waals surface area contributed by atoms with Gasteiger partial charge in [-0.05, 0) is 88.1 Å². The van der Waals surface area contributed by atoms with Gasteiger partial charge in [-0.15, -0.1) is 0 Å². The predicted octanol–water partition coefficient (Wildman–Crippen LogP) is 5.79. The molecule has 0 aliphatic carbocycles. The molecule has 9 heteroatoms. The van der Waals surface area contributed by atoms with Crippen LogP contribution in [0.1, 0.15) is 49.4 Å². The third-order valence-corrected chi connectivity index (χ3v) is 8.74. The summed E-state index contributed by atoms with van der Waals surface area (Å²) in [6.45, 7) is 10.8. The maximum atomic E-state index is 14.2. The van der Waals surface area contributed by atoms with Crippen LogP contribution in [0.25, 0.3) is 0 Å². The van der Waals surface area contributed by atoms with E-state index in [1.165, 1.54) is 17.0 Å². The minimum absolute atomic E-state index is 0.0651. The molecule has 214 valence electrons. The highest BCUT2D eigenvalue weighted by Crippen LogP contribution is 2.30. The van der Waals surface area contributed by atoms with E-state index in [4.69, 9.17) is 11.6 Å². The number of amides is 2. The molecule has 3 aromatic carbocycles. The average Bonchev–Trinajstić information content (AvgIpc) is 2.88. The predicted molar refractivity (Wildman–Crippen MR) is 161 cm³/mol. The van der Waals surface area contributed by atoms with Gasteiger partial charge in [0.15, 0.2) is 0 Å². The number of halogens is 1. The summed E-state index contributed by atoms with van der Waals surface area (Å²) in [5.41, 5.74) is 3.70. The van der Waals surface area contributed by atoms with Gasteiger partial charge in [0.05, 0.1) is 10.6 Å². The summed E-state index contributed by atoms with van der Waals surface area (Å²) in [6, 6.07) is 18.1. The van der Waals surface area contributed by atoms with E-state index in [2.05, 4.69) is 5.32 Å². The Hall–Kier alpha value is -3.36. The highest BCUT2D eigenvalue weighted by atomic mass is 35.5. The first-order chi connectivity index (χ1) is 18.8. The van der Waals surface area contributed by atoms with Gasteiger partial charge in [0.25, 0.3) is 10.0 Å². The Balaban J connectivity index is 2.11. The highest BCUT2D eigenvalue weighted by Gasteiger charge is 2.34. The van der Waals surface area contributed by atoms with Crippen LogP contribution in [0.4, 0.5) is 5.69 Å². The Morgan fingerprint density at radius 1 is 0.925 bits per heavy atom. The summed E-state index contributed by atoms with van der Waals surface area (Å²) in [6.07, 6.45) is 0.362. The standard InChI is InChI=1S/C31H38ClN3O4S/c1-7-28(31(37)33-21(2)3)34(19-25-11-9-8-10-23(25)5)30(36)20-35(29-17-14-26(32)18-24(29)6)40(38,39)27-15-12-22(4)13-16-27/h8-18,21,28H,7,19-20H2,1-6H3,(H,33,37)/t28-/m1/s1. The molecule has 0 spiro atoms. The lowest BCUT2D eigenvalue weighted by atomic mass is 10.1. The number of sulfonamides is 1. The van der Waals surface area contributed by atoms with Crippen LogP contribution in [0.3, 0.4) is 0 Å². The Bertz CT molecular complexity index is 1460. The van der Waals surface area contributed by atoms with Crippen LogP contribution in [0.2, 0.25) is 5.02 Å². The van der Waals surface area contributed by atoms with E-state index in [0.717, 1.165) is 21.0 Å². The summed E-state index contributed by atoms with van der Waals surface area (Å²) in [4.78, 5) is 29.0. The van der Waals surface area contributed by atoms with Gasteiger partial charge in [0.1, 0.15) is 12.6 Å². The van der Waals surface area contributed by atoms with Gasteiger partial charge < -0.3 is 10.2 Å². The summed E-state index contributed by atoms with van der Waals surface area (Å²) < 4.78 is 29.1. The molecule has 3 aromatic rings. The number of aryl methyl sites for hydroxylation is 3. The molecule has 0 radical (unpaired) electrons. The topological polar surface area (TPSA) is 86.8 Å². The number of benzene rings is 3. The number of anilines is 1. The lowest BCUT2D eigenvalue weighted by molar-refractivity contribution is -0.140. The molecule has 40 heavy (non-hydrogen) atoms. The second-order valence-electron chi connectivity index (χ2n) is 10.3. The van der Waals surface area contributed by atoms with Crippen molar-refractivity contribution in [3.05, 3.63) is 94.0 Å². The molecule has 0 aliphatic heterocycles. The van der Waals surface area contributed by atoms with Gasteiger partial charge in [-0.2, -0.15) is 0 Å². The fourth-order valence-electron chi connectivity index (χ4n) is 4.52. The van der Waals surface area contributed by atoms with E-state index >= 15 is 0 Å². The minimum atomic E-state index is -4.15. The zero-order valence-electron chi connectivity index (χ0n) is 23.9. The van der Waals surface area contributed by atoms with Gasteiger partial charge in [-0.1, -0.05) is 60.5 Å². The van der Waals surface area contributed by atoms with Crippen molar-refractivity contribution in [1.29, 1.82) is 0 Å². The number of carbonyl (C=O) groups excluding carboxylic acids is 2. The van der Waals surface area contributed by atoms with Crippen molar-refractivity contribution in [2.45, 2.75) is 71.5 Å². The van der Waals surface area contributed by atoms with Gasteiger partial charge in [0.2, 0.25) is 11.8 Å². The molecule has 0 aliphatic rings. The molecule has 2 amide bonds. The zero-order valence-corrected chi connectivity index (χ0v) is 25.5. The molecule has 0 aromatic heterocycles. The van der Waals surface area contributed by atoms with Crippen molar-refractivity contribution in [2.75, 3.05) is 10.8 Å². The van der Waals surface area contributed by atoms with Crippen LogP contribution < -0.4 is 9.62 Å². The van der Waals surface area contributed by atoms with Crippen LogP contribution in [-0.4, -0.2) is 43.8 Å². The smallest absolute Gasteiger partial charge is 0.264 e. The second-order valence-corrected chi connectivity index (χ2v) is 12.6. The molecule has 0 fully saturated rings. The monoisotopic (exact) mass is 583 g/mol. The van der Waals surface area contributed by atoms with E-state index in [1.807, 2.05) is 58.9 Å². The molecule has 0 bridgehead atoms. The molecule has 1 N–H and O–H groups in total. The molecular weight excluding hydrogens is 546 g/mol.